The van der Waals surface area contributed by atoms with Crippen molar-refractivity contribution >= 4 is 46.6 Å². The summed E-state index contributed by atoms with van der Waals surface area (Å²) < 4.78 is 0. The van der Waals surface area contributed by atoms with E-state index in [0.717, 1.165) is 41.5 Å². The van der Waals surface area contributed by atoms with Crippen molar-refractivity contribution in [3.8, 4) is 0 Å². The van der Waals surface area contributed by atoms with E-state index in [1.165, 1.54) is 12.1 Å². The minimum Gasteiger partial charge on any atom is -0.477 e. The Balaban J connectivity index is 1.71. The Hall–Kier alpha value is -2.32. The quantitative estimate of drug-likeness (QED) is 0.837. The van der Waals surface area contributed by atoms with Crippen molar-refractivity contribution in [1.29, 1.82) is 0 Å². The second-order valence-corrected chi connectivity index (χ2v) is 8.17. The van der Waals surface area contributed by atoms with Crippen molar-refractivity contribution in [3.63, 3.8) is 0 Å². The molecule has 1 fully saturated rings. The van der Waals surface area contributed by atoms with Crippen LogP contribution in [0.15, 0.2) is 30.3 Å². The topological polar surface area (TPSA) is 86.7 Å². The van der Waals surface area contributed by atoms with Gasteiger partial charge in [-0.3, -0.25) is 9.59 Å². The van der Waals surface area contributed by atoms with Gasteiger partial charge in [0.25, 0.3) is 11.8 Å². The number of carbonyl (C=O) groups excluding carboxylic acids is 2. The molecule has 1 aromatic carbocycles. The molecule has 6 nitrogen and oxygen atoms in total. The van der Waals surface area contributed by atoms with Crippen molar-refractivity contribution in [2.45, 2.75) is 6.92 Å². The lowest BCUT2D eigenvalue weighted by molar-refractivity contribution is 0.0701. The maximum atomic E-state index is 12.5. The number of rotatable bonds is 4. The summed E-state index contributed by atoms with van der Waals surface area (Å²) in [6.45, 7) is 3.34. The lowest BCUT2D eigenvalue weighted by atomic mass is 10.1. The van der Waals surface area contributed by atoms with Gasteiger partial charge >= 0.3 is 5.97 Å². The number of thioether (sulfide) groups is 1. The third-order valence-electron chi connectivity index (χ3n) is 4.06. The first kappa shape index (κ1) is 18.5. The Morgan fingerprint density at radius 2 is 1.77 bits per heavy atom. The molecule has 1 aromatic heterocycles. The molecule has 0 unspecified atom stereocenters. The third-order valence-corrected chi connectivity index (χ3v) is 6.07. The van der Waals surface area contributed by atoms with Crippen molar-refractivity contribution < 1.29 is 19.5 Å². The summed E-state index contributed by atoms with van der Waals surface area (Å²) in [5, 5.41) is 11.7. The zero-order chi connectivity index (χ0) is 18.7. The van der Waals surface area contributed by atoms with E-state index < -0.39 is 5.97 Å². The van der Waals surface area contributed by atoms with Gasteiger partial charge in [-0.25, -0.2) is 4.79 Å². The number of amides is 2. The zero-order valence-electron chi connectivity index (χ0n) is 14.2. The van der Waals surface area contributed by atoms with Crippen molar-refractivity contribution in [3.05, 3.63) is 51.2 Å². The van der Waals surface area contributed by atoms with Crippen LogP contribution >= 0.6 is 23.1 Å². The molecule has 0 bridgehead atoms. The van der Waals surface area contributed by atoms with Crippen LogP contribution in [0.1, 0.15) is 35.3 Å². The van der Waals surface area contributed by atoms with Crippen LogP contribution in [0.3, 0.4) is 0 Å². The molecule has 2 heterocycles. The predicted molar refractivity (Wildman–Crippen MR) is 104 cm³/mol. The highest BCUT2D eigenvalue weighted by Gasteiger charge is 2.19. The third kappa shape index (κ3) is 4.08. The summed E-state index contributed by atoms with van der Waals surface area (Å²) in [4.78, 5) is 38.1. The first-order valence-electron chi connectivity index (χ1n) is 8.08. The van der Waals surface area contributed by atoms with Crippen LogP contribution in [0, 0.1) is 6.92 Å². The van der Waals surface area contributed by atoms with E-state index in [4.69, 9.17) is 5.11 Å². The van der Waals surface area contributed by atoms with Gasteiger partial charge in [0, 0.05) is 35.8 Å². The SMILES string of the molecule is Cc1cc(C(=O)N2CCSCC2)ccc1NC(=O)c1ccc(C(=O)O)s1. The van der Waals surface area contributed by atoms with E-state index in [1.54, 1.807) is 18.2 Å². The molecule has 136 valence electrons. The smallest absolute Gasteiger partial charge is 0.345 e. The summed E-state index contributed by atoms with van der Waals surface area (Å²) in [7, 11) is 0. The number of hydrogen-bond donors (Lipinski definition) is 2. The first-order valence-corrected chi connectivity index (χ1v) is 10.0. The summed E-state index contributed by atoms with van der Waals surface area (Å²) in [6, 6.07) is 8.10. The van der Waals surface area contributed by atoms with Gasteiger partial charge in [-0.1, -0.05) is 0 Å². The van der Waals surface area contributed by atoms with E-state index >= 15 is 0 Å². The fourth-order valence-corrected chi connectivity index (χ4v) is 4.29. The average molecular weight is 390 g/mol. The van der Waals surface area contributed by atoms with Gasteiger partial charge < -0.3 is 15.3 Å². The Labute approximate surface area is 159 Å². The van der Waals surface area contributed by atoms with Crippen LogP contribution in [0.2, 0.25) is 0 Å². The molecule has 1 aliphatic rings. The molecule has 0 spiro atoms. The van der Waals surface area contributed by atoms with Gasteiger partial charge in [-0.2, -0.15) is 11.8 Å². The number of carboxylic acid groups (broad SMARTS) is 1. The molecule has 2 amide bonds. The van der Waals surface area contributed by atoms with Crippen molar-refractivity contribution in [1.82, 2.24) is 4.90 Å². The van der Waals surface area contributed by atoms with Crippen LogP contribution in [0.4, 0.5) is 5.69 Å². The molecule has 0 radical (unpaired) electrons. The predicted octanol–water partition coefficient (Wildman–Crippen LogP) is 3.20. The summed E-state index contributed by atoms with van der Waals surface area (Å²) in [6.07, 6.45) is 0. The normalized spacial score (nSPS) is 14.1. The van der Waals surface area contributed by atoms with Crippen LogP contribution in [0.25, 0.3) is 0 Å². The van der Waals surface area contributed by atoms with Crippen molar-refractivity contribution in [2.24, 2.45) is 0 Å². The largest absolute Gasteiger partial charge is 0.477 e. The molecule has 0 saturated carbocycles. The Morgan fingerprint density at radius 1 is 1.08 bits per heavy atom. The van der Waals surface area contributed by atoms with Crippen LogP contribution in [-0.4, -0.2) is 52.4 Å². The fraction of sp³-hybridized carbons (Fsp3) is 0.278. The van der Waals surface area contributed by atoms with E-state index in [2.05, 4.69) is 5.32 Å². The van der Waals surface area contributed by atoms with E-state index in [9.17, 15) is 14.4 Å². The second kappa shape index (κ2) is 7.92. The highest BCUT2D eigenvalue weighted by Crippen LogP contribution is 2.22. The Kier molecular flexibility index (Phi) is 5.63. The molecule has 1 saturated heterocycles. The molecule has 8 heteroatoms. The number of hydrogen-bond acceptors (Lipinski definition) is 5. The maximum Gasteiger partial charge on any atom is 0.345 e. The van der Waals surface area contributed by atoms with Crippen LogP contribution < -0.4 is 5.32 Å². The number of carboxylic acids is 1. The lowest BCUT2D eigenvalue weighted by Gasteiger charge is -2.26. The number of benzene rings is 1. The Bertz CT molecular complexity index is 857. The molecule has 2 N–H and O–H groups in total. The summed E-state index contributed by atoms with van der Waals surface area (Å²) >= 11 is 2.77. The van der Waals surface area contributed by atoms with Gasteiger partial charge in [0.15, 0.2) is 0 Å². The van der Waals surface area contributed by atoms with E-state index in [-0.39, 0.29) is 16.7 Å². The monoisotopic (exact) mass is 390 g/mol. The summed E-state index contributed by atoms with van der Waals surface area (Å²) in [5.74, 6) is 0.508. The van der Waals surface area contributed by atoms with E-state index in [0.29, 0.717) is 16.1 Å². The minimum atomic E-state index is -1.05. The van der Waals surface area contributed by atoms with Gasteiger partial charge in [0.1, 0.15) is 4.88 Å². The number of carbonyl (C=O) groups is 3. The van der Waals surface area contributed by atoms with Gasteiger partial charge in [-0.15, -0.1) is 11.3 Å². The van der Waals surface area contributed by atoms with Crippen LogP contribution in [-0.2, 0) is 0 Å². The highest BCUT2D eigenvalue weighted by molar-refractivity contribution is 7.99. The maximum absolute atomic E-state index is 12.5. The molecule has 3 rings (SSSR count). The van der Waals surface area contributed by atoms with Crippen molar-refractivity contribution in [2.75, 3.05) is 29.9 Å². The van der Waals surface area contributed by atoms with Gasteiger partial charge in [0.2, 0.25) is 0 Å². The number of aryl methyl sites for hydroxylation is 1. The lowest BCUT2D eigenvalue weighted by Crippen LogP contribution is -2.37. The molecule has 0 atom stereocenters. The minimum absolute atomic E-state index is 0.00985. The van der Waals surface area contributed by atoms with E-state index in [1.807, 2.05) is 23.6 Å². The first-order chi connectivity index (χ1) is 12.5. The molecule has 1 aliphatic heterocycles. The van der Waals surface area contributed by atoms with Crippen LogP contribution in [0.5, 0.6) is 0 Å². The molecule has 26 heavy (non-hydrogen) atoms. The average Bonchev–Trinajstić information content (AvgIpc) is 3.14. The molecular formula is C18H18N2O4S2. The standard InChI is InChI=1S/C18H18N2O4S2/c1-11-10-12(17(22)20-6-8-25-9-7-20)2-3-13(11)19-16(21)14-4-5-15(26-14)18(23)24/h2-5,10H,6-9H2,1H3,(H,19,21)(H,23,24). The second-order valence-electron chi connectivity index (χ2n) is 5.86. The zero-order valence-corrected chi connectivity index (χ0v) is 15.8. The fourth-order valence-electron chi connectivity index (χ4n) is 2.64. The number of thiophene rings is 1. The number of aromatic carboxylic acids is 1. The Morgan fingerprint density at radius 3 is 2.38 bits per heavy atom. The number of nitrogens with zero attached hydrogens (tertiary/aromatic N) is 1. The summed E-state index contributed by atoms with van der Waals surface area (Å²) in [5.41, 5.74) is 1.99. The number of nitrogens with one attached hydrogen (secondary N) is 1. The molecule has 0 aliphatic carbocycles. The molecular weight excluding hydrogens is 372 g/mol. The highest BCUT2D eigenvalue weighted by atomic mass is 32.2. The number of anilines is 1. The van der Waals surface area contributed by atoms with Gasteiger partial charge in [0.05, 0.1) is 4.88 Å². The molecule has 2 aromatic rings. The van der Waals surface area contributed by atoms with Gasteiger partial charge in [-0.05, 0) is 42.8 Å².